The number of benzene rings is 1. The Morgan fingerprint density at radius 1 is 1.17 bits per heavy atom. The number of rotatable bonds is 9. The van der Waals surface area contributed by atoms with Gasteiger partial charge in [-0.05, 0) is 42.9 Å². The Balaban J connectivity index is 2.36. The third kappa shape index (κ3) is 5.74. The molecular formula is C15H23ClO2. The van der Waals surface area contributed by atoms with Crippen molar-refractivity contribution in [2.24, 2.45) is 5.92 Å². The molecule has 0 aliphatic heterocycles. The maximum Gasteiger partial charge on any atom is 0.118 e. The predicted octanol–water partition coefficient (Wildman–Crippen LogP) is 3.91. The van der Waals surface area contributed by atoms with E-state index in [1.807, 2.05) is 12.1 Å². The van der Waals surface area contributed by atoms with E-state index in [9.17, 15) is 0 Å². The van der Waals surface area contributed by atoms with Crippen molar-refractivity contribution in [2.75, 3.05) is 26.2 Å². The Labute approximate surface area is 115 Å². The van der Waals surface area contributed by atoms with Gasteiger partial charge in [0.05, 0.1) is 7.11 Å². The first kappa shape index (κ1) is 15.3. The van der Waals surface area contributed by atoms with Gasteiger partial charge in [0.15, 0.2) is 0 Å². The van der Waals surface area contributed by atoms with Crippen LogP contribution in [0.4, 0.5) is 0 Å². The first-order valence-electron chi connectivity index (χ1n) is 6.56. The zero-order valence-electron chi connectivity index (χ0n) is 11.3. The van der Waals surface area contributed by atoms with Crippen molar-refractivity contribution in [1.82, 2.24) is 0 Å². The highest BCUT2D eigenvalue weighted by Gasteiger charge is 2.08. The van der Waals surface area contributed by atoms with E-state index in [0.717, 1.165) is 38.2 Å². The third-order valence-electron chi connectivity index (χ3n) is 2.92. The average molecular weight is 271 g/mol. The molecule has 2 nitrogen and oxygen atoms in total. The summed E-state index contributed by atoms with van der Waals surface area (Å²) in [6.07, 6.45) is 3.10. The predicted molar refractivity (Wildman–Crippen MR) is 76.6 cm³/mol. The summed E-state index contributed by atoms with van der Waals surface area (Å²) < 4.78 is 10.7. The second kappa shape index (κ2) is 9.23. The number of methoxy groups -OCH3 is 1. The number of alkyl halides is 1. The van der Waals surface area contributed by atoms with Crippen molar-refractivity contribution >= 4 is 11.6 Å². The lowest BCUT2D eigenvalue weighted by Gasteiger charge is -2.14. The first-order chi connectivity index (χ1) is 8.80. The molecule has 0 bridgehead atoms. The van der Waals surface area contributed by atoms with Gasteiger partial charge in [-0.15, -0.1) is 11.6 Å². The molecule has 0 aliphatic rings. The Bertz CT molecular complexity index is 311. The minimum atomic E-state index is 0.483. The number of ether oxygens (including phenoxy) is 2. The van der Waals surface area contributed by atoms with Gasteiger partial charge in [-0.25, -0.2) is 0 Å². The van der Waals surface area contributed by atoms with Gasteiger partial charge in [0.2, 0.25) is 0 Å². The fourth-order valence-electron chi connectivity index (χ4n) is 1.83. The van der Waals surface area contributed by atoms with E-state index in [-0.39, 0.29) is 0 Å². The summed E-state index contributed by atoms with van der Waals surface area (Å²) in [7, 11) is 1.68. The smallest absolute Gasteiger partial charge is 0.118 e. The van der Waals surface area contributed by atoms with Crippen LogP contribution < -0.4 is 4.74 Å². The van der Waals surface area contributed by atoms with Crippen LogP contribution in [-0.2, 0) is 11.2 Å². The second-order valence-corrected chi connectivity index (χ2v) is 4.78. The quantitative estimate of drug-likeness (QED) is 0.500. The molecule has 0 heterocycles. The van der Waals surface area contributed by atoms with Crippen LogP contribution >= 0.6 is 11.6 Å². The molecule has 1 aromatic rings. The van der Waals surface area contributed by atoms with E-state index < -0.39 is 0 Å². The van der Waals surface area contributed by atoms with Crippen molar-refractivity contribution in [1.29, 1.82) is 0 Å². The average Bonchev–Trinajstić information content (AvgIpc) is 2.43. The fourth-order valence-corrected chi connectivity index (χ4v) is 2.09. The molecule has 0 spiro atoms. The fraction of sp³-hybridized carbons (Fsp3) is 0.600. The lowest BCUT2D eigenvalue weighted by Crippen LogP contribution is -2.10. The van der Waals surface area contributed by atoms with E-state index >= 15 is 0 Å². The molecule has 1 aromatic carbocycles. The highest BCUT2D eigenvalue weighted by molar-refractivity contribution is 6.18. The molecule has 0 N–H and O–H groups in total. The molecule has 0 amide bonds. The third-order valence-corrected chi connectivity index (χ3v) is 3.36. The maximum absolute atomic E-state index is 6.01. The molecule has 102 valence electrons. The largest absolute Gasteiger partial charge is 0.497 e. The number of hydrogen-bond acceptors (Lipinski definition) is 2. The zero-order valence-corrected chi connectivity index (χ0v) is 12.1. The molecule has 0 fully saturated rings. The number of halogens is 1. The molecule has 0 saturated carbocycles. The normalized spacial score (nSPS) is 12.4. The molecular weight excluding hydrogens is 248 g/mol. The first-order valence-corrected chi connectivity index (χ1v) is 7.10. The molecule has 3 heteroatoms. The Morgan fingerprint density at radius 3 is 2.44 bits per heavy atom. The van der Waals surface area contributed by atoms with Crippen molar-refractivity contribution in [2.45, 2.75) is 26.2 Å². The second-order valence-electron chi connectivity index (χ2n) is 4.47. The van der Waals surface area contributed by atoms with Crippen LogP contribution in [0.25, 0.3) is 0 Å². The van der Waals surface area contributed by atoms with Crippen LogP contribution in [0.5, 0.6) is 5.75 Å². The van der Waals surface area contributed by atoms with Crippen LogP contribution in [-0.4, -0.2) is 26.2 Å². The molecule has 18 heavy (non-hydrogen) atoms. The summed E-state index contributed by atoms with van der Waals surface area (Å²) >= 11 is 6.01. The van der Waals surface area contributed by atoms with Gasteiger partial charge in [-0.3, -0.25) is 0 Å². The van der Waals surface area contributed by atoms with E-state index in [4.69, 9.17) is 21.1 Å². The van der Waals surface area contributed by atoms with Crippen molar-refractivity contribution in [3.63, 3.8) is 0 Å². The summed E-state index contributed by atoms with van der Waals surface area (Å²) in [5, 5.41) is 0. The van der Waals surface area contributed by atoms with E-state index in [1.54, 1.807) is 7.11 Å². The van der Waals surface area contributed by atoms with Crippen LogP contribution in [0.15, 0.2) is 24.3 Å². The van der Waals surface area contributed by atoms with Gasteiger partial charge >= 0.3 is 0 Å². The van der Waals surface area contributed by atoms with E-state index in [2.05, 4.69) is 19.1 Å². The molecule has 0 aromatic heterocycles. The van der Waals surface area contributed by atoms with Crippen molar-refractivity contribution in [3.05, 3.63) is 29.8 Å². The highest BCUT2D eigenvalue weighted by Crippen LogP contribution is 2.17. The van der Waals surface area contributed by atoms with Crippen molar-refractivity contribution in [3.8, 4) is 5.75 Å². The lowest BCUT2D eigenvalue weighted by molar-refractivity contribution is 0.122. The topological polar surface area (TPSA) is 18.5 Å². The SMILES string of the molecule is CCCOCCC(CCl)Cc1ccc(OC)cc1. The summed E-state index contributed by atoms with van der Waals surface area (Å²) in [5.41, 5.74) is 1.30. The molecule has 1 rings (SSSR count). The monoisotopic (exact) mass is 270 g/mol. The molecule has 1 unspecified atom stereocenters. The van der Waals surface area contributed by atoms with Crippen molar-refractivity contribution < 1.29 is 9.47 Å². The van der Waals surface area contributed by atoms with Crippen LogP contribution in [0.3, 0.4) is 0 Å². The van der Waals surface area contributed by atoms with E-state index in [0.29, 0.717) is 11.8 Å². The Hall–Kier alpha value is -0.730. The van der Waals surface area contributed by atoms with Crippen LogP contribution in [0.2, 0.25) is 0 Å². The molecule has 1 atom stereocenters. The van der Waals surface area contributed by atoms with Gasteiger partial charge in [0.25, 0.3) is 0 Å². The summed E-state index contributed by atoms with van der Waals surface area (Å²) in [6, 6.07) is 8.19. The van der Waals surface area contributed by atoms with E-state index in [1.165, 1.54) is 5.56 Å². The summed E-state index contributed by atoms with van der Waals surface area (Å²) in [6.45, 7) is 3.77. The highest BCUT2D eigenvalue weighted by atomic mass is 35.5. The summed E-state index contributed by atoms with van der Waals surface area (Å²) in [5.74, 6) is 2.06. The number of hydrogen-bond donors (Lipinski definition) is 0. The van der Waals surface area contributed by atoms with Gasteiger partial charge in [-0.2, -0.15) is 0 Å². The van der Waals surface area contributed by atoms with Crippen LogP contribution in [0.1, 0.15) is 25.3 Å². The molecule has 0 radical (unpaired) electrons. The lowest BCUT2D eigenvalue weighted by atomic mass is 9.98. The van der Waals surface area contributed by atoms with Gasteiger partial charge in [0.1, 0.15) is 5.75 Å². The maximum atomic E-state index is 6.01. The Kier molecular flexibility index (Phi) is 7.86. The van der Waals surface area contributed by atoms with Crippen LogP contribution in [0, 0.1) is 5.92 Å². The minimum Gasteiger partial charge on any atom is -0.497 e. The molecule has 0 aliphatic carbocycles. The van der Waals surface area contributed by atoms with Gasteiger partial charge < -0.3 is 9.47 Å². The standard InChI is InChI=1S/C15H23ClO2/c1-3-9-18-10-8-14(12-16)11-13-4-6-15(17-2)7-5-13/h4-7,14H,3,8-12H2,1-2H3. The summed E-state index contributed by atoms with van der Waals surface area (Å²) in [4.78, 5) is 0. The zero-order chi connectivity index (χ0) is 13.2. The minimum absolute atomic E-state index is 0.483. The van der Waals surface area contributed by atoms with Gasteiger partial charge in [0, 0.05) is 19.1 Å². The Morgan fingerprint density at radius 2 is 1.89 bits per heavy atom. The van der Waals surface area contributed by atoms with Gasteiger partial charge in [-0.1, -0.05) is 19.1 Å². The molecule has 0 saturated heterocycles.